The first kappa shape index (κ1) is 14.3. The van der Waals surface area contributed by atoms with E-state index in [1.807, 2.05) is 18.2 Å². The van der Waals surface area contributed by atoms with Crippen molar-refractivity contribution in [3.63, 3.8) is 0 Å². The van der Waals surface area contributed by atoms with Gasteiger partial charge >= 0.3 is 5.69 Å². The number of benzene rings is 2. The van der Waals surface area contributed by atoms with E-state index >= 15 is 0 Å². The van der Waals surface area contributed by atoms with Crippen LogP contribution in [0.2, 0.25) is 5.02 Å². The molecular weight excluding hydrogens is 280 g/mol. The highest BCUT2D eigenvalue weighted by Gasteiger charge is 2.16. The lowest BCUT2D eigenvalue weighted by atomic mass is 10.2. The number of nitrogens with two attached hydrogens (primary N) is 1. The van der Waals surface area contributed by atoms with Crippen LogP contribution < -0.4 is 10.5 Å². The number of hydrogen-bond donors (Lipinski definition) is 1. The number of nitro benzene ring substituents is 1. The lowest BCUT2D eigenvalue weighted by molar-refractivity contribution is -0.386. The summed E-state index contributed by atoms with van der Waals surface area (Å²) in [6.45, 7) is 0.411. The molecule has 0 aromatic heterocycles. The average molecular weight is 293 g/mol. The first-order valence-electron chi connectivity index (χ1n) is 5.95. The maximum Gasteiger partial charge on any atom is 0.311 e. The van der Waals surface area contributed by atoms with Gasteiger partial charge in [-0.2, -0.15) is 0 Å². The van der Waals surface area contributed by atoms with Crippen LogP contribution in [-0.2, 0) is 13.2 Å². The summed E-state index contributed by atoms with van der Waals surface area (Å²) in [4.78, 5) is 10.5. The Kier molecular flexibility index (Phi) is 4.55. The van der Waals surface area contributed by atoms with E-state index < -0.39 is 4.92 Å². The van der Waals surface area contributed by atoms with Crippen LogP contribution in [0, 0.1) is 10.1 Å². The summed E-state index contributed by atoms with van der Waals surface area (Å²) in [5.41, 5.74) is 6.83. The van der Waals surface area contributed by atoms with Gasteiger partial charge in [0.15, 0.2) is 5.75 Å². The van der Waals surface area contributed by atoms with Gasteiger partial charge in [-0.3, -0.25) is 10.1 Å². The second-order valence-corrected chi connectivity index (χ2v) is 4.55. The van der Waals surface area contributed by atoms with Gasteiger partial charge in [0.25, 0.3) is 0 Å². The summed E-state index contributed by atoms with van der Waals surface area (Å²) in [6, 6.07) is 11.9. The van der Waals surface area contributed by atoms with Crippen molar-refractivity contribution < 1.29 is 9.66 Å². The van der Waals surface area contributed by atoms with Crippen LogP contribution in [0.15, 0.2) is 42.5 Å². The van der Waals surface area contributed by atoms with Crippen molar-refractivity contribution in [2.24, 2.45) is 5.73 Å². The summed E-state index contributed by atoms with van der Waals surface area (Å²) in [5, 5.41) is 11.6. The molecule has 5 nitrogen and oxygen atoms in total. The van der Waals surface area contributed by atoms with Gasteiger partial charge in [0, 0.05) is 23.2 Å². The van der Waals surface area contributed by atoms with Crippen molar-refractivity contribution in [3.8, 4) is 5.75 Å². The van der Waals surface area contributed by atoms with Crippen molar-refractivity contribution in [1.82, 2.24) is 0 Å². The standard InChI is InChI=1S/C14H13ClN2O3/c15-12-4-2-1-3-11(12)9-20-14-6-5-10(8-16)7-13(14)17(18)19/h1-7H,8-9,16H2. The summed E-state index contributed by atoms with van der Waals surface area (Å²) < 4.78 is 5.50. The normalized spacial score (nSPS) is 10.3. The van der Waals surface area contributed by atoms with E-state index in [-0.39, 0.29) is 24.6 Å². The summed E-state index contributed by atoms with van der Waals surface area (Å²) in [7, 11) is 0. The largest absolute Gasteiger partial charge is 0.482 e. The number of rotatable bonds is 5. The van der Waals surface area contributed by atoms with Crippen LogP contribution >= 0.6 is 11.6 Å². The van der Waals surface area contributed by atoms with E-state index in [1.165, 1.54) is 6.07 Å². The van der Waals surface area contributed by atoms with Crippen LogP contribution in [-0.4, -0.2) is 4.92 Å². The highest BCUT2D eigenvalue weighted by molar-refractivity contribution is 6.31. The van der Waals surface area contributed by atoms with Gasteiger partial charge < -0.3 is 10.5 Å². The lowest BCUT2D eigenvalue weighted by Gasteiger charge is -2.09. The van der Waals surface area contributed by atoms with Gasteiger partial charge in [0.1, 0.15) is 6.61 Å². The van der Waals surface area contributed by atoms with Crippen LogP contribution in [0.1, 0.15) is 11.1 Å². The predicted octanol–water partition coefficient (Wildman–Crippen LogP) is 3.29. The van der Waals surface area contributed by atoms with E-state index in [0.717, 1.165) is 5.56 Å². The van der Waals surface area contributed by atoms with Crippen molar-refractivity contribution in [1.29, 1.82) is 0 Å². The van der Waals surface area contributed by atoms with Crippen LogP contribution in [0.5, 0.6) is 5.75 Å². The summed E-state index contributed by atoms with van der Waals surface area (Å²) in [5.74, 6) is 0.201. The van der Waals surface area contributed by atoms with Gasteiger partial charge in [0.05, 0.1) is 4.92 Å². The highest BCUT2D eigenvalue weighted by Crippen LogP contribution is 2.29. The Balaban J connectivity index is 2.21. The second-order valence-electron chi connectivity index (χ2n) is 4.14. The van der Waals surface area contributed by atoms with Crippen molar-refractivity contribution in [2.75, 3.05) is 0 Å². The number of nitrogens with zero attached hydrogens (tertiary/aromatic N) is 1. The number of hydrogen-bond acceptors (Lipinski definition) is 4. The maximum absolute atomic E-state index is 11.0. The molecule has 20 heavy (non-hydrogen) atoms. The summed E-state index contributed by atoms with van der Waals surface area (Å²) in [6.07, 6.45) is 0. The molecule has 0 saturated heterocycles. The molecule has 0 bridgehead atoms. The fraction of sp³-hybridized carbons (Fsp3) is 0.143. The molecule has 0 atom stereocenters. The molecule has 0 fully saturated rings. The van der Waals surface area contributed by atoms with Crippen LogP contribution in [0.4, 0.5) is 5.69 Å². The molecule has 0 aliphatic rings. The predicted molar refractivity (Wildman–Crippen MR) is 76.8 cm³/mol. The quantitative estimate of drug-likeness (QED) is 0.677. The zero-order valence-corrected chi connectivity index (χ0v) is 11.3. The summed E-state index contributed by atoms with van der Waals surface area (Å²) >= 11 is 6.01. The Morgan fingerprint density at radius 1 is 1.25 bits per heavy atom. The van der Waals surface area contributed by atoms with Gasteiger partial charge in [-0.15, -0.1) is 0 Å². The minimum absolute atomic E-state index is 0.0972. The van der Waals surface area contributed by atoms with Crippen molar-refractivity contribution in [3.05, 3.63) is 68.7 Å². The van der Waals surface area contributed by atoms with E-state index in [2.05, 4.69) is 0 Å². The monoisotopic (exact) mass is 292 g/mol. The second kappa shape index (κ2) is 6.36. The SMILES string of the molecule is NCc1ccc(OCc2ccccc2Cl)c([N+](=O)[O-])c1. The Morgan fingerprint density at radius 3 is 2.65 bits per heavy atom. The zero-order chi connectivity index (χ0) is 14.5. The molecule has 0 aliphatic heterocycles. The minimum Gasteiger partial charge on any atom is -0.482 e. The molecule has 0 spiro atoms. The topological polar surface area (TPSA) is 78.4 Å². The van der Waals surface area contributed by atoms with Crippen LogP contribution in [0.3, 0.4) is 0 Å². The van der Waals surface area contributed by atoms with E-state index in [9.17, 15) is 10.1 Å². The Hall–Kier alpha value is -2.11. The molecule has 2 aromatic rings. The molecule has 0 radical (unpaired) electrons. The van der Waals surface area contributed by atoms with Gasteiger partial charge in [-0.1, -0.05) is 35.9 Å². The Morgan fingerprint density at radius 2 is 2.00 bits per heavy atom. The number of ether oxygens (including phenoxy) is 1. The molecule has 0 unspecified atom stereocenters. The third kappa shape index (κ3) is 3.26. The third-order valence-corrected chi connectivity index (χ3v) is 3.17. The zero-order valence-electron chi connectivity index (χ0n) is 10.6. The van der Waals surface area contributed by atoms with Crippen molar-refractivity contribution in [2.45, 2.75) is 13.2 Å². The Bertz CT molecular complexity index is 632. The molecule has 0 aliphatic carbocycles. The van der Waals surface area contributed by atoms with Gasteiger partial charge in [-0.05, 0) is 17.7 Å². The van der Waals surface area contributed by atoms with E-state index in [0.29, 0.717) is 10.6 Å². The van der Waals surface area contributed by atoms with Crippen LogP contribution in [0.25, 0.3) is 0 Å². The number of nitro groups is 1. The molecule has 0 saturated carbocycles. The average Bonchev–Trinajstić information content (AvgIpc) is 2.46. The first-order valence-corrected chi connectivity index (χ1v) is 6.33. The third-order valence-electron chi connectivity index (χ3n) is 2.80. The van der Waals surface area contributed by atoms with E-state index in [1.54, 1.807) is 18.2 Å². The fourth-order valence-electron chi connectivity index (χ4n) is 1.73. The lowest BCUT2D eigenvalue weighted by Crippen LogP contribution is -2.02. The molecule has 2 rings (SSSR count). The van der Waals surface area contributed by atoms with Gasteiger partial charge in [-0.25, -0.2) is 0 Å². The minimum atomic E-state index is -0.485. The Labute approximate surface area is 121 Å². The van der Waals surface area contributed by atoms with Gasteiger partial charge in [0.2, 0.25) is 0 Å². The molecule has 6 heteroatoms. The number of halogens is 1. The first-order chi connectivity index (χ1) is 9.61. The maximum atomic E-state index is 11.0. The molecular formula is C14H13ClN2O3. The molecule has 2 N–H and O–H groups in total. The molecule has 0 heterocycles. The molecule has 2 aromatic carbocycles. The smallest absolute Gasteiger partial charge is 0.311 e. The highest BCUT2D eigenvalue weighted by atomic mass is 35.5. The van der Waals surface area contributed by atoms with Crippen molar-refractivity contribution >= 4 is 17.3 Å². The fourth-order valence-corrected chi connectivity index (χ4v) is 1.92. The molecule has 0 amide bonds. The van der Waals surface area contributed by atoms with E-state index in [4.69, 9.17) is 22.1 Å². The molecule has 104 valence electrons.